The first kappa shape index (κ1) is 19.8. The van der Waals surface area contributed by atoms with Crippen molar-refractivity contribution in [3.8, 4) is 11.5 Å². The molecule has 26 heavy (non-hydrogen) atoms. The molecule has 0 radical (unpaired) electrons. The minimum atomic E-state index is -0.144. The lowest BCUT2D eigenvalue weighted by atomic mass is 10.1. The monoisotopic (exact) mass is 357 g/mol. The molecule has 2 aromatic rings. The summed E-state index contributed by atoms with van der Waals surface area (Å²) in [5, 5.41) is 2.91. The second kappa shape index (κ2) is 9.82. The highest BCUT2D eigenvalue weighted by Gasteiger charge is 2.13. The maximum atomic E-state index is 12.4. The summed E-state index contributed by atoms with van der Waals surface area (Å²) >= 11 is 0. The van der Waals surface area contributed by atoms with Crippen molar-refractivity contribution < 1.29 is 19.0 Å². The number of hydrogen-bond donors (Lipinski definition) is 1. The molecule has 0 aliphatic heterocycles. The van der Waals surface area contributed by atoms with Crippen LogP contribution in [0, 0.1) is 6.92 Å². The second-order valence-electron chi connectivity index (χ2n) is 6.19. The molecule has 0 bridgehead atoms. The van der Waals surface area contributed by atoms with Crippen LogP contribution in [0.15, 0.2) is 42.5 Å². The molecule has 2 rings (SSSR count). The highest BCUT2D eigenvalue weighted by atomic mass is 16.5. The molecule has 0 aliphatic carbocycles. The fraction of sp³-hybridized carbons (Fsp3) is 0.381. The number of methoxy groups -OCH3 is 1. The smallest absolute Gasteiger partial charge is 0.251 e. The van der Waals surface area contributed by atoms with Gasteiger partial charge in [-0.1, -0.05) is 12.1 Å². The van der Waals surface area contributed by atoms with Crippen molar-refractivity contribution in [2.24, 2.45) is 0 Å². The van der Waals surface area contributed by atoms with Gasteiger partial charge in [-0.25, -0.2) is 0 Å². The van der Waals surface area contributed by atoms with Crippen molar-refractivity contribution in [3.05, 3.63) is 59.2 Å². The average Bonchev–Trinajstić information content (AvgIpc) is 2.61. The third-order valence-corrected chi connectivity index (χ3v) is 3.80. The van der Waals surface area contributed by atoms with E-state index in [-0.39, 0.29) is 11.9 Å². The molecule has 0 saturated carbocycles. The van der Waals surface area contributed by atoms with Crippen LogP contribution in [0.5, 0.6) is 11.5 Å². The van der Waals surface area contributed by atoms with E-state index in [0.717, 1.165) is 22.6 Å². The summed E-state index contributed by atoms with van der Waals surface area (Å²) in [4.78, 5) is 12.4. The van der Waals surface area contributed by atoms with Crippen molar-refractivity contribution in [3.63, 3.8) is 0 Å². The van der Waals surface area contributed by atoms with Crippen molar-refractivity contribution in [2.75, 3.05) is 20.3 Å². The number of carbonyl (C=O) groups is 1. The molecule has 1 amide bonds. The van der Waals surface area contributed by atoms with E-state index in [1.807, 2.05) is 57.2 Å². The Morgan fingerprint density at radius 1 is 1.15 bits per heavy atom. The van der Waals surface area contributed by atoms with Crippen LogP contribution in [-0.2, 0) is 11.3 Å². The lowest BCUT2D eigenvalue weighted by Gasteiger charge is -2.15. The Morgan fingerprint density at radius 2 is 1.96 bits per heavy atom. The van der Waals surface area contributed by atoms with Crippen molar-refractivity contribution in [1.82, 2.24) is 5.32 Å². The first-order valence-electron chi connectivity index (χ1n) is 8.78. The summed E-state index contributed by atoms with van der Waals surface area (Å²) in [5.41, 5.74) is 2.53. The van der Waals surface area contributed by atoms with E-state index in [1.165, 1.54) is 0 Å². The number of benzene rings is 2. The third kappa shape index (κ3) is 5.77. The number of aryl methyl sites for hydroxylation is 1. The van der Waals surface area contributed by atoms with Crippen LogP contribution in [0.25, 0.3) is 0 Å². The zero-order valence-electron chi connectivity index (χ0n) is 15.9. The van der Waals surface area contributed by atoms with Gasteiger partial charge in [0, 0.05) is 24.3 Å². The van der Waals surface area contributed by atoms with Crippen molar-refractivity contribution in [1.29, 1.82) is 0 Å². The zero-order chi connectivity index (χ0) is 18.9. The van der Waals surface area contributed by atoms with Crippen LogP contribution >= 0.6 is 0 Å². The summed E-state index contributed by atoms with van der Waals surface area (Å²) < 4.78 is 16.6. The maximum absolute atomic E-state index is 12.4. The van der Waals surface area contributed by atoms with E-state index in [9.17, 15) is 4.79 Å². The number of ether oxygens (including phenoxy) is 3. The van der Waals surface area contributed by atoms with Crippen LogP contribution in [0.3, 0.4) is 0 Å². The molecule has 0 spiro atoms. The van der Waals surface area contributed by atoms with Gasteiger partial charge >= 0.3 is 0 Å². The predicted octanol–water partition coefficient (Wildman–Crippen LogP) is 3.74. The van der Waals surface area contributed by atoms with Gasteiger partial charge in [0.1, 0.15) is 18.1 Å². The van der Waals surface area contributed by atoms with E-state index in [1.54, 1.807) is 13.2 Å². The van der Waals surface area contributed by atoms with Crippen LogP contribution in [0.1, 0.15) is 35.3 Å². The topological polar surface area (TPSA) is 56.8 Å². The molecule has 0 heterocycles. The van der Waals surface area contributed by atoms with Gasteiger partial charge in [0.2, 0.25) is 0 Å². The van der Waals surface area contributed by atoms with E-state index >= 15 is 0 Å². The lowest BCUT2D eigenvalue weighted by molar-refractivity contribution is 0.0905. The predicted molar refractivity (Wildman–Crippen MR) is 102 cm³/mol. The standard InChI is InChI=1S/C21H27NO4/c1-5-25-20-10-9-17(21(23)22-16(3)13-24-4)12-18(20)14-26-19-8-6-7-15(2)11-19/h6-12,16H,5,13-14H2,1-4H3,(H,22,23)/t16-/m0/s1. The Labute approximate surface area is 155 Å². The van der Waals surface area contributed by atoms with Gasteiger partial charge in [-0.15, -0.1) is 0 Å². The zero-order valence-corrected chi connectivity index (χ0v) is 15.9. The quantitative estimate of drug-likeness (QED) is 0.743. The van der Waals surface area contributed by atoms with E-state index in [0.29, 0.717) is 25.4 Å². The van der Waals surface area contributed by atoms with Crippen LogP contribution in [0.2, 0.25) is 0 Å². The lowest BCUT2D eigenvalue weighted by Crippen LogP contribution is -2.35. The fourth-order valence-electron chi connectivity index (χ4n) is 2.59. The average molecular weight is 357 g/mol. The molecule has 0 saturated heterocycles. The molecule has 0 fully saturated rings. The molecule has 0 aliphatic rings. The molecule has 140 valence electrons. The van der Waals surface area contributed by atoms with Gasteiger partial charge in [-0.05, 0) is 56.7 Å². The first-order valence-corrected chi connectivity index (χ1v) is 8.78. The third-order valence-electron chi connectivity index (χ3n) is 3.80. The molecular weight excluding hydrogens is 330 g/mol. The van der Waals surface area contributed by atoms with Gasteiger partial charge in [0.25, 0.3) is 5.91 Å². The maximum Gasteiger partial charge on any atom is 0.251 e. The summed E-state index contributed by atoms with van der Waals surface area (Å²) in [5.74, 6) is 1.37. The van der Waals surface area contributed by atoms with E-state index < -0.39 is 0 Å². The number of amides is 1. The van der Waals surface area contributed by atoms with Gasteiger partial charge in [-0.3, -0.25) is 4.79 Å². The van der Waals surface area contributed by atoms with Gasteiger partial charge in [0.15, 0.2) is 0 Å². The normalized spacial score (nSPS) is 11.7. The summed E-state index contributed by atoms with van der Waals surface area (Å²) in [6, 6.07) is 13.2. The van der Waals surface area contributed by atoms with Gasteiger partial charge < -0.3 is 19.5 Å². The molecule has 0 unspecified atom stereocenters. The van der Waals surface area contributed by atoms with Gasteiger partial charge in [0.05, 0.1) is 13.2 Å². The molecule has 1 atom stereocenters. The van der Waals surface area contributed by atoms with Crippen LogP contribution in [-0.4, -0.2) is 32.3 Å². The fourth-order valence-corrected chi connectivity index (χ4v) is 2.59. The molecule has 5 heteroatoms. The summed E-state index contributed by atoms with van der Waals surface area (Å²) in [6.07, 6.45) is 0. The SMILES string of the molecule is CCOc1ccc(C(=O)N[C@@H](C)COC)cc1COc1cccc(C)c1. The number of hydrogen-bond acceptors (Lipinski definition) is 4. The Balaban J connectivity index is 2.15. The summed E-state index contributed by atoms with van der Waals surface area (Å²) in [7, 11) is 1.61. The minimum absolute atomic E-state index is 0.0638. The highest BCUT2D eigenvalue weighted by molar-refractivity contribution is 5.94. The molecule has 5 nitrogen and oxygen atoms in total. The molecule has 2 aromatic carbocycles. The Morgan fingerprint density at radius 3 is 2.65 bits per heavy atom. The largest absolute Gasteiger partial charge is 0.493 e. The second-order valence-corrected chi connectivity index (χ2v) is 6.19. The Bertz CT molecular complexity index is 730. The van der Waals surface area contributed by atoms with E-state index in [4.69, 9.17) is 14.2 Å². The number of nitrogens with one attached hydrogen (secondary N) is 1. The highest BCUT2D eigenvalue weighted by Crippen LogP contribution is 2.23. The van der Waals surface area contributed by atoms with Crippen molar-refractivity contribution >= 4 is 5.91 Å². The Kier molecular flexibility index (Phi) is 7.48. The number of rotatable bonds is 9. The Hall–Kier alpha value is -2.53. The summed E-state index contributed by atoms with van der Waals surface area (Å²) in [6.45, 7) is 7.19. The van der Waals surface area contributed by atoms with Crippen LogP contribution < -0.4 is 14.8 Å². The molecule has 1 N–H and O–H groups in total. The molecule has 0 aromatic heterocycles. The number of carbonyl (C=O) groups excluding carboxylic acids is 1. The van der Waals surface area contributed by atoms with Crippen molar-refractivity contribution in [2.45, 2.75) is 33.4 Å². The minimum Gasteiger partial charge on any atom is -0.493 e. The van der Waals surface area contributed by atoms with Gasteiger partial charge in [-0.2, -0.15) is 0 Å². The van der Waals surface area contributed by atoms with E-state index in [2.05, 4.69) is 5.32 Å². The molecular formula is C21H27NO4. The van der Waals surface area contributed by atoms with Crippen LogP contribution in [0.4, 0.5) is 0 Å². The first-order chi connectivity index (χ1) is 12.5.